The predicted octanol–water partition coefficient (Wildman–Crippen LogP) is 1.92. The summed E-state index contributed by atoms with van der Waals surface area (Å²) < 4.78 is 0. The molecule has 0 saturated heterocycles. The number of rotatable bonds is 3. The average molecular weight is 211 g/mol. The average Bonchev–Trinajstić information content (AvgIpc) is 2.46. The van der Waals surface area contributed by atoms with Crippen molar-refractivity contribution in [1.29, 1.82) is 0 Å². The number of nitrogens with one attached hydrogen (secondary N) is 1. The SMILES string of the molecule is CC.CNCC(O)C1=CC(O)=CCC=C1. The molecule has 3 heteroatoms. The Morgan fingerprint density at radius 3 is 2.73 bits per heavy atom. The smallest absolute Gasteiger partial charge is 0.112 e. The molecular formula is C12H21NO2. The van der Waals surface area contributed by atoms with Gasteiger partial charge < -0.3 is 15.5 Å². The third-order valence-electron chi connectivity index (χ3n) is 1.87. The second-order valence-corrected chi connectivity index (χ2v) is 2.98. The molecule has 0 fully saturated rings. The number of hydrogen-bond donors (Lipinski definition) is 3. The lowest BCUT2D eigenvalue weighted by Crippen LogP contribution is -2.24. The molecule has 1 unspecified atom stereocenters. The van der Waals surface area contributed by atoms with Gasteiger partial charge >= 0.3 is 0 Å². The van der Waals surface area contributed by atoms with Gasteiger partial charge in [-0.15, -0.1) is 0 Å². The molecule has 0 aromatic rings. The van der Waals surface area contributed by atoms with Gasteiger partial charge in [-0.2, -0.15) is 0 Å². The van der Waals surface area contributed by atoms with Crippen LogP contribution in [0.4, 0.5) is 0 Å². The van der Waals surface area contributed by atoms with Gasteiger partial charge in [0.1, 0.15) is 5.76 Å². The number of hydrogen-bond acceptors (Lipinski definition) is 3. The minimum absolute atomic E-state index is 0.218. The monoisotopic (exact) mass is 211 g/mol. The summed E-state index contributed by atoms with van der Waals surface area (Å²) in [6.45, 7) is 4.49. The Labute approximate surface area is 91.8 Å². The Morgan fingerprint density at radius 1 is 1.47 bits per heavy atom. The molecule has 0 radical (unpaired) electrons. The molecule has 0 aliphatic heterocycles. The van der Waals surface area contributed by atoms with E-state index in [0.29, 0.717) is 13.0 Å². The van der Waals surface area contributed by atoms with Crippen molar-refractivity contribution in [2.24, 2.45) is 0 Å². The third-order valence-corrected chi connectivity index (χ3v) is 1.87. The fourth-order valence-corrected chi connectivity index (χ4v) is 1.19. The van der Waals surface area contributed by atoms with E-state index in [1.54, 1.807) is 19.2 Å². The van der Waals surface area contributed by atoms with Crippen LogP contribution in [0, 0.1) is 0 Å². The molecule has 0 heterocycles. The van der Waals surface area contributed by atoms with E-state index < -0.39 is 6.10 Å². The van der Waals surface area contributed by atoms with Crippen LogP contribution >= 0.6 is 0 Å². The maximum absolute atomic E-state index is 9.60. The Morgan fingerprint density at radius 2 is 2.13 bits per heavy atom. The summed E-state index contributed by atoms with van der Waals surface area (Å²) in [6.07, 6.45) is 7.18. The molecular weight excluding hydrogens is 190 g/mol. The maximum Gasteiger partial charge on any atom is 0.112 e. The molecule has 1 aliphatic carbocycles. The van der Waals surface area contributed by atoms with Crippen molar-refractivity contribution < 1.29 is 10.2 Å². The number of allylic oxidation sites excluding steroid dienone is 3. The summed E-state index contributed by atoms with van der Waals surface area (Å²) in [5.41, 5.74) is 0.737. The van der Waals surface area contributed by atoms with Gasteiger partial charge in [-0.25, -0.2) is 0 Å². The van der Waals surface area contributed by atoms with Crippen LogP contribution in [0.25, 0.3) is 0 Å². The Hall–Kier alpha value is -1.06. The highest BCUT2D eigenvalue weighted by atomic mass is 16.3. The van der Waals surface area contributed by atoms with E-state index in [-0.39, 0.29) is 5.76 Å². The number of likely N-dealkylation sites (N-methyl/N-ethyl adjacent to an activating group) is 1. The Bertz CT molecular complexity index is 254. The molecule has 86 valence electrons. The van der Waals surface area contributed by atoms with E-state index in [4.69, 9.17) is 0 Å². The zero-order chi connectivity index (χ0) is 11.7. The van der Waals surface area contributed by atoms with Gasteiger partial charge in [0, 0.05) is 6.54 Å². The second kappa shape index (κ2) is 8.26. The Balaban J connectivity index is 0.000000921. The first-order valence-corrected chi connectivity index (χ1v) is 5.34. The van der Waals surface area contributed by atoms with E-state index in [1.807, 2.05) is 26.0 Å². The molecule has 0 amide bonds. The minimum Gasteiger partial charge on any atom is -0.508 e. The van der Waals surface area contributed by atoms with E-state index in [9.17, 15) is 10.2 Å². The van der Waals surface area contributed by atoms with Crippen molar-refractivity contribution in [2.45, 2.75) is 26.4 Å². The van der Waals surface area contributed by atoms with Crippen molar-refractivity contribution in [3.05, 3.63) is 35.6 Å². The largest absolute Gasteiger partial charge is 0.508 e. The van der Waals surface area contributed by atoms with Crippen molar-refractivity contribution in [3.63, 3.8) is 0 Å². The van der Waals surface area contributed by atoms with Gasteiger partial charge in [-0.1, -0.05) is 26.0 Å². The first kappa shape index (κ1) is 13.9. The van der Waals surface area contributed by atoms with Crippen molar-refractivity contribution in [1.82, 2.24) is 5.32 Å². The molecule has 0 bridgehead atoms. The molecule has 1 aliphatic rings. The highest BCUT2D eigenvalue weighted by Crippen LogP contribution is 2.12. The molecule has 0 aromatic carbocycles. The topological polar surface area (TPSA) is 52.5 Å². The van der Waals surface area contributed by atoms with Gasteiger partial charge in [0.25, 0.3) is 0 Å². The lowest BCUT2D eigenvalue weighted by atomic mass is 10.1. The quantitative estimate of drug-likeness (QED) is 0.668. The fourth-order valence-electron chi connectivity index (χ4n) is 1.19. The van der Waals surface area contributed by atoms with E-state index in [2.05, 4.69) is 5.32 Å². The molecule has 0 saturated carbocycles. The van der Waals surface area contributed by atoms with Crippen LogP contribution < -0.4 is 5.32 Å². The normalized spacial score (nSPS) is 16.8. The van der Waals surface area contributed by atoms with E-state index >= 15 is 0 Å². The van der Waals surface area contributed by atoms with Crippen molar-refractivity contribution in [3.8, 4) is 0 Å². The Kier molecular flexibility index (Phi) is 7.68. The van der Waals surface area contributed by atoms with Crippen LogP contribution in [0.2, 0.25) is 0 Å². The summed E-state index contributed by atoms with van der Waals surface area (Å²) in [4.78, 5) is 0. The fraction of sp³-hybridized carbons (Fsp3) is 0.500. The van der Waals surface area contributed by atoms with Crippen LogP contribution in [0.3, 0.4) is 0 Å². The minimum atomic E-state index is -0.560. The summed E-state index contributed by atoms with van der Waals surface area (Å²) >= 11 is 0. The molecule has 1 atom stereocenters. The molecule has 15 heavy (non-hydrogen) atoms. The van der Waals surface area contributed by atoms with Crippen LogP contribution in [0.1, 0.15) is 20.3 Å². The number of aliphatic hydroxyl groups excluding tert-OH is 2. The predicted molar refractivity (Wildman–Crippen MR) is 63.8 cm³/mol. The maximum atomic E-state index is 9.60. The highest BCUT2D eigenvalue weighted by Gasteiger charge is 2.08. The van der Waals surface area contributed by atoms with Gasteiger partial charge in [-0.05, 0) is 31.2 Å². The molecule has 3 N–H and O–H groups in total. The van der Waals surface area contributed by atoms with Crippen molar-refractivity contribution in [2.75, 3.05) is 13.6 Å². The van der Waals surface area contributed by atoms with Gasteiger partial charge in [0.2, 0.25) is 0 Å². The number of aliphatic hydroxyl groups is 2. The van der Waals surface area contributed by atoms with Crippen LogP contribution in [-0.4, -0.2) is 29.9 Å². The molecule has 0 aromatic heterocycles. The van der Waals surface area contributed by atoms with Gasteiger partial charge in [0.05, 0.1) is 6.10 Å². The second-order valence-electron chi connectivity index (χ2n) is 2.98. The summed E-state index contributed by atoms with van der Waals surface area (Å²) in [5.74, 6) is 0.218. The lowest BCUT2D eigenvalue weighted by molar-refractivity contribution is 0.213. The molecule has 0 spiro atoms. The zero-order valence-electron chi connectivity index (χ0n) is 9.70. The molecule has 3 nitrogen and oxygen atoms in total. The summed E-state index contributed by atoms with van der Waals surface area (Å²) in [5, 5.41) is 21.8. The highest BCUT2D eigenvalue weighted by molar-refractivity contribution is 5.33. The van der Waals surface area contributed by atoms with Crippen LogP contribution in [0.5, 0.6) is 0 Å². The summed E-state index contributed by atoms with van der Waals surface area (Å²) in [7, 11) is 1.78. The molecule has 1 rings (SSSR count). The first-order valence-electron chi connectivity index (χ1n) is 5.34. The lowest BCUT2D eigenvalue weighted by Gasteiger charge is -2.10. The summed E-state index contributed by atoms with van der Waals surface area (Å²) in [6, 6.07) is 0. The van der Waals surface area contributed by atoms with Crippen LogP contribution in [0.15, 0.2) is 35.6 Å². The van der Waals surface area contributed by atoms with E-state index in [0.717, 1.165) is 5.57 Å². The third kappa shape index (κ3) is 5.40. The van der Waals surface area contributed by atoms with Gasteiger partial charge in [-0.3, -0.25) is 0 Å². The zero-order valence-corrected chi connectivity index (χ0v) is 9.70. The van der Waals surface area contributed by atoms with Crippen molar-refractivity contribution >= 4 is 0 Å². The van der Waals surface area contributed by atoms with Crippen LogP contribution in [-0.2, 0) is 0 Å². The van der Waals surface area contributed by atoms with Gasteiger partial charge in [0.15, 0.2) is 0 Å². The first-order chi connectivity index (χ1) is 7.24. The van der Waals surface area contributed by atoms with E-state index in [1.165, 1.54) is 0 Å². The standard InChI is InChI=1S/C10H15NO2.C2H6/c1-11-7-10(13)8-4-2-3-5-9(12)6-8;1-2/h2,4-6,10-13H,3,7H2,1H3;1-2H3.